The standard InChI is InChI=1S/C22H24N4O4/c1-22(2,3)24-19(28)14-8-10-15(11-9-14)23-18(27)12-13-26-21(30)17-7-5-4-6-16(17)20(29)25-26/h4-11H,12-13H2,1-3H3,(H,23,27)(H,24,28)(H,25,29). The Morgan fingerprint density at radius 1 is 0.967 bits per heavy atom. The number of amides is 2. The number of hydrogen-bond donors (Lipinski definition) is 3. The molecule has 3 aromatic rings. The van der Waals surface area contributed by atoms with Crippen LogP contribution >= 0.6 is 0 Å². The summed E-state index contributed by atoms with van der Waals surface area (Å²) in [4.78, 5) is 49.0. The number of aryl methyl sites for hydroxylation is 1. The number of hydrogen-bond acceptors (Lipinski definition) is 4. The molecule has 0 saturated heterocycles. The molecule has 8 heteroatoms. The van der Waals surface area contributed by atoms with Crippen molar-refractivity contribution >= 4 is 28.3 Å². The molecule has 0 fully saturated rings. The van der Waals surface area contributed by atoms with Crippen LogP contribution in [-0.4, -0.2) is 27.1 Å². The van der Waals surface area contributed by atoms with Gasteiger partial charge in [-0.15, -0.1) is 0 Å². The summed E-state index contributed by atoms with van der Waals surface area (Å²) in [6.07, 6.45) is 0.000445. The highest BCUT2D eigenvalue weighted by atomic mass is 16.2. The summed E-state index contributed by atoms with van der Waals surface area (Å²) in [5, 5.41) is 8.72. The molecule has 156 valence electrons. The first-order chi connectivity index (χ1) is 14.1. The maximum Gasteiger partial charge on any atom is 0.273 e. The minimum atomic E-state index is -0.380. The van der Waals surface area contributed by atoms with Gasteiger partial charge in [0, 0.05) is 23.2 Å². The van der Waals surface area contributed by atoms with Gasteiger partial charge in [0.15, 0.2) is 0 Å². The van der Waals surface area contributed by atoms with Gasteiger partial charge in [0.1, 0.15) is 0 Å². The molecule has 0 unspecified atom stereocenters. The van der Waals surface area contributed by atoms with Crippen molar-refractivity contribution in [2.75, 3.05) is 5.32 Å². The molecule has 0 aliphatic heterocycles. The third kappa shape index (κ3) is 5.02. The number of anilines is 1. The molecular formula is C22H24N4O4. The van der Waals surface area contributed by atoms with Gasteiger partial charge in [0.05, 0.1) is 17.3 Å². The van der Waals surface area contributed by atoms with Gasteiger partial charge in [-0.1, -0.05) is 12.1 Å². The molecule has 1 aromatic heterocycles. The molecule has 1 heterocycles. The van der Waals surface area contributed by atoms with Gasteiger partial charge in [-0.3, -0.25) is 24.3 Å². The zero-order valence-corrected chi connectivity index (χ0v) is 17.1. The average molecular weight is 408 g/mol. The van der Waals surface area contributed by atoms with E-state index in [1.165, 1.54) is 0 Å². The number of rotatable bonds is 5. The number of nitrogens with one attached hydrogen (secondary N) is 3. The Balaban J connectivity index is 1.63. The predicted molar refractivity (Wildman–Crippen MR) is 116 cm³/mol. The lowest BCUT2D eigenvalue weighted by atomic mass is 10.1. The third-order valence-corrected chi connectivity index (χ3v) is 4.37. The number of carbonyl (C=O) groups excluding carboxylic acids is 2. The number of fused-ring (bicyclic) bond motifs is 1. The minimum absolute atomic E-state index is 0.000445. The Labute approximate surface area is 172 Å². The van der Waals surface area contributed by atoms with Crippen LogP contribution in [0.2, 0.25) is 0 Å². The van der Waals surface area contributed by atoms with Gasteiger partial charge in [0.2, 0.25) is 5.91 Å². The van der Waals surface area contributed by atoms with Crippen molar-refractivity contribution in [2.45, 2.75) is 39.3 Å². The highest BCUT2D eigenvalue weighted by Crippen LogP contribution is 2.11. The smallest absolute Gasteiger partial charge is 0.273 e. The van der Waals surface area contributed by atoms with E-state index < -0.39 is 0 Å². The second-order valence-corrected chi connectivity index (χ2v) is 8.02. The van der Waals surface area contributed by atoms with E-state index in [9.17, 15) is 19.2 Å². The summed E-state index contributed by atoms with van der Waals surface area (Å²) in [6.45, 7) is 5.73. The van der Waals surface area contributed by atoms with Crippen molar-refractivity contribution < 1.29 is 9.59 Å². The molecule has 2 amide bonds. The maximum absolute atomic E-state index is 12.5. The number of aromatic nitrogens is 2. The number of carbonyl (C=O) groups is 2. The molecule has 3 rings (SSSR count). The number of H-pyrrole nitrogens is 1. The first-order valence-corrected chi connectivity index (χ1v) is 9.58. The Hall–Kier alpha value is -3.68. The zero-order valence-electron chi connectivity index (χ0n) is 17.1. The van der Waals surface area contributed by atoms with E-state index in [2.05, 4.69) is 15.7 Å². The minimum Gasteiger partial charge on any atom is -0.347 e. The molecule has 0 atom stereocenters. The van der Waals surface area contributed by atoms with Crippen LogP contribution in [-0.2, 0) is 11.3 Å². The number of aromatic amines is 1. The van der Waals surface area contributed by atoms with Gasteiger partial charge < -0.3 is 10.6 Å². The van der Waals surface area contributed by atoms with Crippen molar-refractivity contribution in [3.8, 4) is 0 Å². The highest BCUT2D eigenvalue weighted by Gasteiger charge is 2.15. The molecule has 2 aromatic carbocycles. The van der Waals surface area contributed by atoms with E-state index in [0.29, 0.717) is 22.0 Å². The summed E-state index contributed by atoms with van der Waals surface area (Å²) in [5.41, 5.74) is -0.0528. The van der Waals surface area contributed by atoms with Crippen molar-refractivity contribution in [2.24, 2.45) is 0 Å². The van der Waals surface area contributed by atoms with Gasteiger partial charge in [-0.2, -0.15) is 0 Å². The zero-order chi connectivity index (χ0) is 21.9. The van der Waals surface area contributed by atoms with Crippen LogP contribution in [0.25, 0.3) is 10.8 Å². The first-order valence-electron chi connectivity index (χ1n) is 9.58. The van der Waals surface area contributed by atoms with Crippen molar-refractivity contribution in [3.05, 3.63) is 74.8 Å². The lowest BCUT2D eigenvalue weighted by Crippen LogP contribution is -2.40. The van der Waals surface area contributed by atoms with Gasteiger partial charge in [-0.05, 0) is 57.2 Å². The SMILES string of the molecule is CC(C)(C)NC(=O)c1ccc(NC(=O)CCn2[nH]c(=O)c3ccccc3c2=O)cc1. The van der Waals surface area contributed by atoms with Crippen molar-refractivity contribution in [3.63, 3.8) is 0 Å². The summed E-state index contributed by atoms with van der Waals surface area (Å²) in [6, 6.07) is 13.1. The van der Waals surface area contributed by atoms with E-state index in [1.807, 2.05) is 20.8 Å². The molecule has 30 heavy (non-hydrogen) atoms. The Kier molecular flexibility index (Phi) is 5.86. The topological polar surface area (TPSA) is 113 Å². The Morgan fingerprint density at radius 3 is 2.23 bits per heavy atom. The molecule has 0 radical (unpaired) electrons. The molecule has 0 saturated carbocycles. The molecule has 0 aliphatic rings. The molecule has 3 N–H and O–H groups in total. The number of nitrogens with zero attached hydrogens (tertiary/aromatic N) is 1. The molecule has 0 spiro atoms. The monoisotopic (exact) mass is 408 g/mol. The van der Waals surface area contributed by atoms with Crippen molar-refractivity contribution in [1.29, 1.82) is 0 Å². The Bertz CT molecular complexity index is 1200. The van der Waals surface area contributed by atoms with Crippen LogP contribution in [0.4, 0.5) is 5.69 Å². The van der Waals surface area contributed by atoms with Crippen LogP contribution < -0.4 is 21.8 Å². The largest absolute Gasteiger partial charge is 0.347 e. The third-order valence-electron chi connectivity index (χ3n) is 4.37. The van der Waals surface area contributed by atoms with E-state index in [4.69, 9.17) is 0 Å². The van der Waals surface area contributed by atoms with Crippen LogP contribution in [0.1, 0.15) is 37.6 Å². The highest BCUT2D eigenvalue weighted by molar-refractivity contribution is 5.96. The maximum atomic E-state index is 12.5. The quantitative estimate of drug-likeness (QED) is 0.601. The van der Waals surface area contributed by atoms with E-state index in [0.717, 1.165) is 4.68 Å². The summed E-state index contributed by atoms with van der Waals surface area (Å²) >= 11 is 0. The predicted octanol–water partition coefficient (Wildman–Crippen LogP) is 2.25. The van der Waals surface area contributed by atoms with Crippen LogP contribution in [0, 0.1) is 0 Å². The average Bonchev–Trinajstić information content (AvgIpc) is 2.69. The van der Waals surface area contributed by atoms with E-state index in [1.54, 1.807) is 48.5 Å². The second kappa shape index (κ2) is 8.36. The summed E-state index contributed by atoms with van der Waals surface area (Å²) in [5.74, 6) is -0.511. The van der Waals surface area contributed by atoms with Crippen LogP contribution in [0.5, 0.6) is 0 Å². The summed E-state index contributed by atoms with van der Waals surface area (Å²) in [7, 11) is 0. The normalized spacial score (nSPS) is 11.3. The fraction of sp³-hybridized carbons (Fsp3) is 0.273. The molecular weight excluding hydrogens is 384 g/mol. The van der Waals surface area contributed by atoms with Crippen molar-refractivity contribution in [1.82, 2.24) is 15.1 Å². The fourth-order valence-corrected chi connectivity index (χ4v) is 2.96. The lowest BCUT2D eigenvalue weighted by molar-refractivity contribution is -0.116. The van der Waals surface area contributed by atoms with Crippen LogP contribution in [0.3, 0.4) is 0 Å². The second-order valence-electron chi connectivity index (χ2n) is 8.02. The summed E-state index contributed by atoms with van der Waals surface area (Å²) < 4.78 is 1.14. The molecule has 8 nitrogen and oxygen atoms in total. The van der Waals surface area contributed by atoms with Gasteiger partial charge >= 0.3 is 0 Å². The Morgan fingerprint density at radius 2 is 1.60 bits per heavy atom. The van der Waals surface area contributed by atoms with E-state index >= 15 is 0 Å². The lowest BCUT2D eigenvalue weighted by Gasteiger charge is -2.20. The first kappa shape index (κ1) is 21.0. The molecule has 0 bridgehead atoms. The molecule has 0 aliphatic carbocycles. The van der Waals surface area contributed by atoms with Gasteiger partial charge in [-0.25, -0.2) is 4.68 Å². The van der Waals surface area contributed by atoms with Crippen LogP contribution in [0.15, 0.2) is 58.1 Å². The fourth-order valence-electron chi connectivity index (χ4n) is 2.96. The van der Waals surface area contributed by atoms with Gasteiger partial charge in [0.25, 0.3) is 17.0 Å². The number of benzene rings is 2. The van der Waals surface area contributed by atoms with E-state index in [-0.39, 0.29) is 41.4 Å².